The molecule has 0 aromatic rings. The van der Waals surface area contributed by atoms with Gasteiger partial charge in [-0.05, 0) is 44.9 Å². The lowest BCUT2D eigenvalue weighted by Crippen LogP contribution is -2.28. The van der Waals surface area contributed by atoms with Gasteiger partial charge in [-0.2, -0.15) is 0 Å². The first kappa shape index (κ1) is 53.4. The number of aliphatic hydroxyl groups excluding tert-OH is 1. The summed E-state index contributed by atoms with van der Waals surface area (Å²) in [5, 5.41) is 9.59. The third-order valence-corrected chi connectivity index (χ3v) is 11.0. The molecule has 0 saturated heterocycles. The van der Waals surface area contributed by atoms with Gasteiger partial charge in [0.2, 0.25) is 0 Å². The van der Waals surface area contributed by atoms with E-state index >= 15 is 0 Å². The molecule has 0 fully saturated rings. The number of unbranched alkanes of at least 4 members (excludes halogenated alkanes) is 33. The van der Waals surface area contributed by atoms with Crippen LogP contribution in [0.3, 0.4) is 0 Å². The van der Waals surface area contributed by atoms with Crippen LogP contribution >= 0.6 is 0 Å². The maximum Gasteiger partial charge on any atom is 0.306 e. The van der Waals surface area contributed by atoms with Crippen LogP contribution in [-0.4, -0.2) is 36.4 Å². The third-order valence-electron chi connectivity index (χ3n) is 11.0. The maximum atomic E-state index is 12.2. The van der Waals surface area contributed by atoms with Crippen molar-refractivity contribution >= 4 is 11.9 Å². The predicted octanol–water partition coefficient (Wildman–Crippen LogP) is 15.8. The number of carbonyl (C=O) groups is 2. The summed E-state index contributed by atoms with van der Waals surface area (Å²) in [4.78, 5) is 24.4. The van der Waals surface area contributed by atoms with Crippen molar-refractivity contribution in [3.63, 3.8) is 0 Å². The van der Waals surface area contributed by atoms with Gasteiger partial charge in [0.15, 0.2) is 6.10 Å². The summed E-state index contributed by atoms with van der Waals surface area (Å²) < 4.78 is 10.6. The Hall–Kier alpha value is -1.62. The highest BCUT2D eigenvalue weighted by molar-refractivity contribution is 5.70. The number of ether oxygens (including phenoxy) is 2. The van der Waals surface area contributed by atoms with Gasteiger partial charge in [-0.15, -0.1) is 0 Å². The molecular formula is C50H94O5. The number of carbonyl (C=O) groups excluding carboxylic acids is 2. The van der Waals surface area contributed by atoms with E-state index in [-0.39, 0.29) is 25.2 Å². The van der Waals surface area contributed by atoms with Gasteiger partial charge in [-0.3, -0.25) is 9.59 Å². The number of esters is 2. The minimum absolute atomic E-state index is 0.0668. The Bertz CT molecular complexity index is 836. The summed E-state index contributed by atoms with van der Waals surface area (Å²) >= 11 is 0. The lowest BCUT2D eigenvalue weighted by Gasteiger charge is -2.15. The molecule has 0 aliphatic carbocycles. The fraction of sp³-hybridized carbons (Fsp3) is 0.880. The molecule has 0 heterocycles. The largest absolute Gasteiger partial charge is 0.462 e. The van der Waals surface area contributed by atoms with E-state index in [0.29, 0.717) is 12.8 Å². The van der Waals surface area contributed by atoms with Gasteiger partial charge in [0, 0.05) is 12.8 Å². The van der Waals surface area contributed by atoms with Gasteiger partial charge in [0.25, 0.3) is 0 Å². The average molecular weight is 775 g/mol. The molecule has 1 unspecified atom stereocenters. The van der Waals surface area contributed by atoms with Gasteiger partial charge in [0.05, 0.1) is 6.61 Å². The van der Waals surface area contributed by atoms with Crippen LogP contribution in [-0.2, 0) is 19.1 Å². The minimum Gasteiger partial charge on any atom is -0.462 e. The van der Waals surface area contributed by atoms with E-state index in [1.165, 1.54) is 186 Å². The van der Waals surface area contributed by atoms with E-state index in [4.69, 9.17) is 9.47 Å². The minimum atomic E-state index is -0.775. The van der Waals surface area contributed by atoms with Gasteiger partial charge < -0.3 is 14.6 Å². The van der Waals surface area contributed by atoms with Gasteiger partial charge in [-0.25, -0.2) is 0 Å². The average Bonchev–Trinajstić information content (AvgIpc) is 3.19. The number of aliphatic hydroxyl groups is 1. The first-order chi connectivity index (χ1) is 27.1. The Morgan fingerprint density at radius 1 is 0.418 bits per heavy atom. The van der Waals surface area contributed by atoms with Crippen LogP contribution in [0.1, 0.15) is 264 Å². The Kier molecular flexibility index (Phi) is 45.4. The topological polar surface area (TPSA) is 72.8 Å². The van der Waals surface area contributed by atoms with Crippen molar-refractivity contribution in [1.29, 1.82) is 0 Å². The van der Waals surface area contributed by atoms with Gasteiger partial charge in [0.1, 0.15) is 6.61 Å². The Labute approximate surface area is 343 Å². The van der Waals surface area contributed by atoms with Gasteiger partial charge >= 0.3 is 11.9 Å². The van der Waals surface area contributed by atoms with E-state index in [2.05, 4.69) is 38.2 Å². The second-order valence-corrected chi connectivity index (χ2v) is 16.5. The Morgan fingerprint density at radius 2 is 0.727 bits per heavy atom. The van der Waals surface area contributed by atoms with E-state index in [1.807, 2.05) is 0 Å². The molecule has 5 heteroatoms. The van der Waals surface area contributed by atoms with Crippen LogP contribution in [0, 0.1) is 0 Å². The first-order valence-electron chi connectivity index (χ1n) is 24.4. The smallest absolute Gasteiger partial charge is 0.306 e. The van der Waals surface area contributed by atoms with E-state index < -0.39 is 6.10 Å². The SMILES string of the molecule is CCCCC/C=C\C/C=C\CCCCCCCC(=O)OC(CO)COC(=O)CCCCCCCCCCCCCCCCCCCCCCCCCCCC. The highest BCUT2D eigenvalue weighted by atomic mass is 16.6. The number of hydrogen-bond acceptors (Lipinski definition) is 5. The lowest BCUT2D eigenvalue weighted by molar-refractivity contribution is -0.161. The van der Waals surface area contributed by atoms with Crippen molar-refractivity contribution in [2.75, 3.05) is 13.2 Å². The van der Waals surface area contributed by atoms with E-state index in [0.717, 1.165) is 51.4 Å². The van der Waals surface area contributed by atoms with Crippen molar-refractivity contribution in [1.82, 2.24) is 0 Å². The van der Waals surface area contributed by atoms with Crippen LogP contribution in [0.5, 0.6) is 0 Å². The monoisotopic (exact) mass is 775 g/mol. The molecule has 0 bridgehead atoms. The molecule has 0 aromatic heterocycles. The predicted molar refractivity (Wildman–Crippen MR) is 238 cm³/mol. The molecule has 0 radical (unpaired) electrons. The molecular weight excluding hydrogens is 681 g/mol. The van der Waals surface area contributed by atoms with Crippen LogP contribution in [0.15, 0.2) is 24.3 Å². The highest BCUT2D eigenvalue weighted by Gasteiger charge is 2.16. The standard InChI is InChI=1S/C50H94O5/c1-3-5-7-9-11-13-15-17-19-20-21-22-23-24-25-26-27-28-29-31-32-34-36-38-40-42-44-49(52)54-47-48(46-51)55-50(53)45-43-41-39-37-35-33-30-18-16-14-12-10-8-6-4-2/h12,14,18,30,48,51H,3-11,13,15-17,19-29,31-47H2,1-2H3/b14-12-,30-18-. The maximum absolute atomic E-state index is 12.2. The van der Waals surface area contributed by atoms with Crippen molar-refractivity contribution < 1.29 is 24.2 Å². The lowest BCUT2D eigenvalue weighted by atomic mass is 10.0. The summed E-state index contributed by atoms with van der Waals surface area (Å²) in [6, 6.07) is 0. The fourth-order valence-corrected chi connectivity index (χ4v) is 7.29. The Balaban J connectivity index is 3.44. The normalized spacial score (nSPS) is 12.3. The molecule has 0 aromatic carbocycles. The van der Waals surface area contributed by atoms with Gasteiger partial charge in [-0.1, -0.05) is 231 Å². The zero-order chi connectivity index (χ0) is 40.0. The summed E-state index contributed by atoms with van der Waals surface area (Å²) in [7, 11) is 0. The van der Waals surface area contributed by atoms with E-state index in [9.17, 15) is 14.7 Å². The van der Waals surface area contributed by atoms with Crippen LogP contribution in [0.25, 0.3) is 0 Å². The summed E-state index contributed by atoms with van der Waals surface area (Å²) in [5.41, 5.74) is 0. The molecule has 324 valence electrons. The number of rotatable bonds is 45. The van der Waals surface area contributed by atoms with Crippen molar-refractivity contribution in [3.05, 3.63) is 24.3 Å². The second-order valence-electron chi connectivity index (χ2n) is 16.5. The van der Waals surface area contributed by atoms with Crippen LogP contribution in [0.4, 0.5) is 0 Å². The van der Waals surface area contributed by atoms with Crippen LogP contribution in [0.2, 0.25) is 0 Å². The molecule has 1 N–H and O–H groups in total. The van der Waals surface area contributed by atoms with Crippen molar-refractivity contribution in [2.45, 2.75) is 270 Å². The zero-order valence-electron chi connectivity index (χ0n) is 37.0. The molecule has 0 aliphatic heterocycles. The van der Waals surface area contributed by atoms with Crippen molar-refractivity contribution in [3.8, 4) is 0 Å². The summed E-state index contributed by atoms with van der Waals surface area (Å²) in [6.07, 6.45) is 57.0. The molecule has 0 aliphatic rings. The third kappa shape index (κ3) is 45.0. The summed E-state index contributed by atoms with van der Waals surface area (Å²) in [6.45, 7) is 4.13. The quantitative estimate of drug-likeness (QED) is 0.0379. The number of hydrogen-bond donors (Lipinski definition) is 1. The second kappa shape index (κ2) is 46.8. The van der Waals surface area contributed by atoms with E-state index in [1.54, 1.807) is 0 Å². The zero-order valence-corrected chi connectivity index (χ0v) is 37.0. The fourth-order valence-electron chi connectivity index (χ4n) is 7.29. The van der Waals surface area contributed by atoms with Crippen LogP contribution < -0.4 is 0 Å². The molecule has 0 rings (SSSR count). The number of allylic oxidation sites excluding steroid dienone is 4. The highest BCUT2D eigenvalue weighted by Crippen LogP contribution is 2.17. The molecule has 0 amide bonds. The molecule has 0 saturated carbocycles. The molecule has 5 nitrogen and oxygen atoms in total. The molecule has 1 atom stereocenters. The molecule has 0 spiro atoms. The van der Waals surface area contributed by atoms with Crippen molar-refractivity contribution in [2.24, 2.45) is 0 Å². The Morgan fingerprint density at radius 3 is 1.11 bits per heavy atom. The summed E-state index contributed by atoms with van der Waals surface area (Å²) in [5.74, 6) is -0.594. The molecule has 55 heavy (non-hydrogen) atoms. The first-order valence-corrected chi connectivity index (χ1v) is 24.4.